The first kappa shape index (κ1) is 13.0. The highest BCUT2D eigenvalue weighted by Crippen LogP contribution is 2.40. The highest BCUT2D eigenvalue weighted by atomic mass is 16.3. The third-order valence-electron chi connectivity index (χ3n) is 3.97. The Morgan fingerprint density at radius 3 is 2.67 bits per heavy atom. The Bertz CT molecular complexity index is 181. The van der Waals surface area contributed by atoms with Crippen molar-refractivity contribution in [3.05, 3.63) is 0 Å². The van der Waals surface area contributed by atoms with Crippen LogP contribution >= 0.6 is 0 Å². The molecule has 0 amide bonds. The molecule has 2 heteroatoms. The SMILES string of the molecule is CC(C)CCCC1(CN)CCCCC1O. The maximum absolute atomic E-state index is 10.1. The highest BCUT2D eigenvalue weighted by Gasteiger charge is 2.37. The van der Waals surface area contributed by atoms with E-state index in [1.807, 2.05) is 0 Å². The van der Waals surface area contributed by atoms with Gasteiger partial charge in [0, 0.05) is 12.0 Å². The number of nitrogens with two attached hydrogens (primary N) is 1. The lowest BCUT2D eigenvalue weighted by atomic mass is 9.68. The molecule has 0 aromatic rings. The van der Waals surface area contributed by atoms with Gasteiger partial charge in [0.05, 0.1) is 6.10 Å². The Morgan fingerprint density at radius 1 is 1.40 bits per heavy atom. The molecule has 2 unspecified atom stereocenters. The topological polar surface area (TPSA) is 46.2 Å². The summed E-state index contributed by atoms with van der Waals surface area (Å²) in [5.74, 6) is 0.764. The van der Waals surface area contributed by atoms with Gasteiger partial charge in [0.2, 0.25) is 0 Å². The molecule has 1 aliphatic carbocycles. The molecular formula is C13H27NO. The normalized spacial score (nSPS) is 32.2. The second kappa shape index (κ2) is 5.86. The standard InChI is InChI=1S/C13H27NO/c1-11(2)6-5-9-13(10-14)8-4-3-7-12(13)15/h11-12,15H,3-10,14H2,1-2H3. The van der Waals surface area contributed by atoms with E-state index in [0.29, 0.717) is 6.54 Å². The van der Waals surface area contributed by atoms with Crippen LogP contribution in [0.1, 0.15) is 58.8 Å². The first-order valence-corrected chi connectivity index (χ1v) is 6.49. The largest absolute Gasteiger partial charge is 0.393 e. The zero-order valence-corrected chi connectivity index (χ0v) is 10.3. The van der Waals surface area contributed by atoms with Crippen LogP contribution in [0.5, 0.6) is 0 Å². The van der Waals surface area contributed by atoms with E-state index in [1.165, 1.54) is 25.7 Å². The number of aliphatic hydroxyl groups excluding tert-OH is 1. The van der Waals surface area contributed by atoms with E-state index in [0.717, 1.165) is 25.2 Å². The lowest BCUT2D eigenvalue weighted by molar-refractivity contribution is -0.0137. The summed E-state index contributed by atoms with van der Waals surface area (Å²) in [6.07, 6.45) is 7.94. The lowest BCUT2D eigenvalue weighted by Gasteiger charge is -2.41. The molecule has 1 aliphatic rings. The molecule has 1 rings (SSSR count). The molecule has 3 N–H and O–H groups in total. The molecule has 2 nitrogen and oxygen atoms in total. The van der Waals surface area contributed by atoms with Crippen molar-refractivity contribution >= 4 is 0 Å². The van der Waals surface area contributed by atoms with Gasteiger partial charge in [-0.3, -0.25) is 0 Å². The van der Waals surface area contributed by atoms with Crippen molar-refractivity contribution in [3.8, 4) is 0 Å². The van der Waals surface area contributed by atoms with Gasteiger partial charge in [-0.25, -0.2) is 0 Å². The van der Waals surface area contributed by atoms with Gasteiger partial charge < -0.3 is 10.8 Å². The van der Waals surface area contributed by atoms with Gasteiger partial charge in [0.1, 0.15) is 0 Å². The minimum absolute atomic E-state index is 0.0488. The van der Waals surface area contributed by atoms with Crippen LogP contribution in [0, 0.1) is 11.3 Å². The molecule has 0 aromatic carbocycles. The summed E-state index contributed by atoms with van der Waals surface area (Å²) < 4.78 is 0. The van der Waals surface area contributed by atoms with Gasteiger partial charge in [-0.2, -0.15) is 0 Å². The van der Waals surface area contributed by atoms with Crippen LogP contribution in [0.2, 0.25) is 0 Å². The van der Waals surface area contributed by atoms with E-state index in [1.54, 1.807) is 0 Å². The van der Waals surface area contributed by atoms with Crippen LogP contribution in [0.25, 0.3) is 0 Å². The van der Waals surface area contributed by atoms with E-state index in [2.05, 4.69) is 13.8 Å². The molecule has 15 heavy (non-hydrogen) atoms. The van der Waals surface area contributed by atoms with Crippen molar-refractivity contribution in [1.29, 1.82) is 0 Å². The van der Waals surface area contributed by atoms with Crippen molar-refractivity contribution in [2.75, 3.05) is 6.54 Å². The van der Waals surface area contributed by atoms with E-state index >= 15 is 0 Å². The summed E-state index contributed by atoms with van der Waals surface area (Å²) in [4.78, 5) is 0. The minimum Gasteiger partial charge on any atom is -0.393 e. The van der Waals surface area contributed by atoms with Crippen LogP contribution in [-0.4, -0.2) is 17.8 Å². The summed E-state index contributed by atoms with van der Waals surface area (Å²) in [7, 11) is 0. The van der Waals surface area contributed by atoms with Gasteiger partial charge >= 0.3 is 0 Å². The number of hydrogen-bond donors (Lipinski definition) is 2. The molecule has 90 valence electrons. The fourth-order valence-electron chi connectivity index (χ4n) is 2.78. The van der Waals surface area contributed by atoms with Gasteiger partial charge in [0.25, 0.3) is 0 Å². The first-order chi connectivity index (χ1) is 7.10. The van der Waals surface area contributed by atoms with E-state index in [4.69, 9.17) is 5.73 Å². The van der Waals surface area contributed by atoms with Gasteiger partial charge in [-0.1, -0.05) is 39.5 Å². The number of rotatable bonds is 5. The molecule has 0 radical (unpaired) electrons. The summed E-state index contributed by atoms with van der Waals surface area (Å²) in [6, 6.07) is 0. The van der Waals surface area contributed by atoms with Crippen molar-refractivity contribution in [3.63, 3.8) is 0 Å². The Morgan fingerprint density at radius 2 is 2.13 bits per heavy atom. The van der Waals surface area contributed by atoms with E-state index < -0.39 is 0 Å². The highest BCUT2D eigenvalue weighted by molar-refractivity contribution is 4.90. The summed E-state index contributed by atoms with van der Waals surface area (Å²) >= 11 is 0. The van der Waals surface area contributed by atoms with Crippen LogP contribution in [-0.2, 0) is 0 Å². The Kier molecular flexibility index (Phi) is 5.07. The van der Waals surface area contributed by atoms with E-state index in [-0.39, 0.29) is 11.5 Å². The maximum atomic E-state index is 10.1. The van der Waals surface area contributed by atoms with Crippen LogP contribution in [0.4, 0.5) is 0 Å². The second-order valence-corrected chi connectivity index (χ2v) is 5.61. The fourth-order valence-corrected chi connectivity index (χ4v) is 2.78. The quantitative estimate of drug-likeness (QED) is 0.737. The molecule has 0 bridgehead atoms. The molecule has 0 heterocycles. The average Bonchev–Trinajstić information content (AvgIpc) is 2.21. The predicted octanol–water partition coefficient (Wildman–Crippen LogP) is 2.69. The van der Waals surface area contributed by atoms with Crippen LogP contribution in [0.3, 0.4) is 0 Å². The molecule has 0 saturated heterocycles. The van der Waals surface area contributed by atoms with Gasteiger partial charge in [-0.15, -0.1) is 0 Å². The van der Waals surface area contributed by atoms with Crippen molar-refractivity contribution in [2.45, 2.75) is 64.9 Å². The molecule has 0 spiro atoms. The molecule has 0 aromatic heterocycles. The minimum atomic E-state index is -0.150. The zero-order valence-electron chi connectivity index (χ0n) is 10.3. The average molecular weight is 213 g/mol. The first-order valence-electron chi connectivity index (χ1n) is 6.49. The molecular weight excluding hydrogens is 186 g/mol. The second-order valence-electron chi connectivity index (χ2n) is 5.61. The number of aliphatic hydroxyl groups is 1. The third-order valence-corrected chi connectivity index (χ3v) is 3.97. The monoisotopic (exact) mass is 213 g/mol. The summed E-state index contributed by atoms with van der Waals surface area (Å²) in [6.45, 7) is 5.17. The molecule has 1 fully saturated rings. The van der Waals surface area contributed by atoms with Crippen LogP contribution in [0.15, 0.2) is 0 Å². The van der Waals surface area contributed by atoms with E-state index in [9.17, 15) is 5.11 Å². The Labute approximate surface area is 94.2 Å². The van der Waals surface area contributed by atoms with Crippen LogP contribution < -0.4 is 5.73 Å². The lowest BCUT2D eigenvalue weighted by Crippen LogP contribution is -2.44. The van der Waals surface area contributed by atoms with Crippen molar-refractivity contribution in [1.82, 2.24) is 0 Å². The maximum Gasteiger partial charge on any atom is 0.0608 e. The van der Waals surface area contributed by atoms with Gasteiger partial charge in [0.15, 0.2) is 0 Å². The van der Waals surface area contributed by atoms with Gasteiger partial charge in [-0.05, 0) is 25.2 Å². The molecule has 2 atom stereocenters. The smallest absolute Gasteiger partial charge is 0.0608 e. The fraction of sp³-hybridized carbons (Fsp3) is 1.00. The summed E-state index contributed by atoms with van der Waals surface area (Å²) in [5.41, 5.74) is 5.93. The van der Waals surface area contributed by atoms with Crippen molar-refractivity contribution in [2.24, 2.45) is 17.1 Å². The predicted molar refractivity (Wildman–Crippen MR) is 64.7 cm³/mol. The zero-order chi connectivity index (χ0) is 11.3. The van der Waals surface area contributed by atoms with Crippen molar-refractivity contribution < 1.29 is 5.11 Å². The molecule has 0 aliphatic heterocycles. The summed E-state index contributed by atoms with van der Waals surface area (Å²) in [5, 5.41) is 10.1. The Hall–Kier alpha value is -0.0800. The molecule has 1 saturated carbocycles. The number of hydrogen-bond acceptors (Lipinski definition) is 2. The Balaban J connectivity index is 2.43. The third kappa shape index (κ3) is 3.46.